The van der Waals surface area contributed by atoms with Crippen LogP contribution in [0, 0.1) is 5.92 Å². The standard InChI is InChI=1S/C57H44N2O/c1-5-17-38(18-6-1)48-35-42-21-13-14-26-45(42)52-51(48)46-34-33-41(36-49(46)57(52,43-22-9-3-10-23-43)44-24-11-4-12-25-44)37-29-31-40(32-30-37)56-58-53(39-19-7-2-8-20-39)55-54(59-56)47-27-15-16-28-50(47)60-55/h1-3,5-10,13-24,26-31,33-36,40,56,59H,4,11-12,25,32H2. The third-order valence-corrected chi connectivity index (χ3v) is 13.5. The third-order valence-electron chi connectivity index (χ3n) is 13.5. The Labute approximate surface area is 351 Å². The molecule has 12 rings (SSSR count). The number of aliphatic imine (C=N–C) groups is 1. The fraction of sp³-hybridized carbons (Fsp3) is 0.140. The van der Waals surface area contributed by atoms with Crippen LogP contribution in [0.2, 0.25) is 0 Å². The zero-order valence-corrected chi connectivity index (χ0v) is 33.4. The zero-order valence-electron chi connectivity index (χ0n) is 33.4. The molecular weight excluding hydrogens is 729 g/mol. The number of rotatable bonds is 6. The van der Waals surface area contributed by atoms with E-state index in [-0.39, 0.29) is 12.1 Å². The fourth-order valence-corrected chi connectivity index (χ4v) is 10.8. The molecule has 3 aliphatic carbocycles. The van der Waals surface area contributed by atoms with Gasteiger partial charge in [-0.2, -0.15) is 0 Å². The van der Waals surface area contributed by atoms with Gasteiger partial charge in [0.25, 0.3) is 0 Å². The molecule has 60 heavy (non-hydrogen) atoms. The summed E-state index contributed by atoms with van der Waals surface area (Å²) in [7, 11) is 0. The topological polar surface area (TPSA) is 37.5 Å². The Kier molecular flexibility index (Phi) is 8.23. The Bertz CT molecular complexity index is 3100. The van der Waals surface area contributed by atoms with Gasteiger partial charge in [0.05, 0.1) is 11.1 Å². The van der Waals surface area contributed by atoms with Crippen LogP contribution in [-0.2, 0) is 5.41 Å². The van der Waals surface area contributed by atoms with Crippen molar-refractivity contribution in [1.29, 1.82) is 0 Å². The normalized spacial score (nSPS) is 20.4. The number of anilines is 1. The van der Waals surface area contributed by atoms with Crippen LogP contribution in [0.4, 0.5) is 5.69 Å². The van der Waals surface area contributed by atoms with Gasteiger partial charge in [0.15, 0.2) is 5.76 Å². The van der Waals surface area contributed by atoms with E-state index in [0.29, 0.717) is 0 Å². The van der Waals surface area contributed by atoms with E-state index in [1.54, 1.807) is 0 Å². The maximum atomic E-state index is 6.45. The van der Waals surface area contributed by atoms with E-state index in [4.69, 9.17) is 9.41 Å². The van der Waals surface area contributed by atoms with Gasteiger partial charge in [-0.15, -0.1) is 0 Å². The van der Waals surface area contributed by atoms with Crippen molar-refractivity contribution < 1.29 is 4.42 Å². The second-order valence-electron chi connectivity index (χ2n) is 16.8. The number of allylic oxidation sites excluding steroid dienone is 5. The van der Waals surface area contributed by atoms with Crippen molar-refractivity contribution in [3.63, 3.8) is 0 Å². The smallest absolute Gasteiger partial charge is 0.177 e. The molecule has 3 unspecified atom stereocenters. The van der Waals surface area contributed by atoms with Crippen LogP contribution in [0.5, 0.6) is 0 Å². The largest absolute Gasteiger partial charge is 0.452 e. The van der Waals surface area contributed by atoms with Crippen molar-refractivity contribution >= 4 is 38.7 Å². The minimum atomic E-state index is -0.423. The van der Waals surface area contributed by atoms with Gasteiger partial charge >= 0.3 is 0 Å². The monoisotopic (exact) mass is 772 g/mol. The van der Waals surface area contributed by atoms with Gasteiger partial charge in [-0.05, 0) is 117 Å². The molecule has 0 saturated heterocycles. The van der Waals surface area contributed by atoms with Crippen LogP contribution in [0.15, 0.2) is 203 Å². The van der Waals surface area contributed by atoms with Crippen LogP contribution in [0.25, 0.3) is 49.6 Å². The van der Waals surface area contributed by atoms with Gasteiger partial charge in [-0.25, -0.2) is 0 Å². The lowest BCUT2D eigenvalue weighted by Gasteiger charge is -2.38. The van der Waals surface area contributed by atoms with Crippen LogP contribution < -0.4 is 5.32 Å². The minimum absolute atomic E-state index is 0.133. The molecule has 0 bridgehead atoms. The van der Waals surface area contributed by atoms with Gasteiger partial charge in [-0.1, -0.05) is 169 Å². The number of nitrogens with one attached hydrogen (secondary N) is 1. The summed E-state index contributed by atoms with van der Waals surface area (Å²) in [5, 5.41) is 7.53. The lowest BCUT2D eigenvalue weighted by molar-refractivity contribution is 0.538. The van der Waals surface area contributed by atoms with Crippen molar-refractivity contribution in [1.82, 2.24) is 0 Å². The molecule has 7 aromatic carbocycles. The highest BCUT2D eigenvalue weighted by atomic mass is 16.3. The summed E-state index contributed by atoms with van der Waals surface area (Å²) < 4.78 is 6.45. The molecule has 3 heteroatoms. The summed E-state index contributed by atoms with van der Waals surface area (Å²) in [6.07, 6.45) is 15.1. The molecule has 4 aliphatic rings. The van der Waals surface area contributed by atoms with E-state index in [0.717, 1.165) is 53.0 Å². The van der Waals surface area contributed by atoms with E-state index < -0.39 is 5.41 Å². The Morgan fingerprint density at radius 3 is 2.13 bits per heavy atom. The summed E-state index contributed by atoms with van der Waals surface area (Å²) in [6, 6.07) is 60.0. The van der Waals surface area contributed by atoms with E-state index in [1.165, 1.54) is 79.3 Å². The predicted molar refractivity (Wildman–Crippen MR) is 249 cm³/mol. The van der Waals surface area contributed by atoms with Crippen molar-refractivity contribution in [2.24, 2.45) is 10.9 Å². The Morgan fingerprint density at radius 1 is 0.633 bits per heavy atom. The predicted octanol–water partition coefficient (Wildman–Crippen LogP) is 14.3. The summed E-state index contributed by atoms with van der Waals surface area (Å²) in [5.74, 6) is 0.982. The number of hydrogen-bond acceptors (Lipinski definition) is 3. The van der Waals surface area contributed by atoms with Gasteiger partial charge in [0.2, 0.25) is 0 Å². The molecule has 288 valence electrons. The third kappa shape index (κ3) is 5.38. The molecule has 1 aliphatic heterocycles. The van der Waals surface area contributed by atoms with E-state index in [2.05, 4.69) is 181 Å². The maximum Gasteiger partial charge on any atom is 0.177 e. The molecule has 0 spiro atoms. The van der Waals surface area contributed by atoms with Crippen molar-refractivity contribution in [2.75, 3.05) is 5.32 Å². The number of furan rings is 1. The van der Waals surface area contributed by atoms with Crippen LogP contribution in [-0.4, -0.2) is 11.9 Å². The number of para-hydroxylation sites is 1. The molecule has 2 heterocycles. The first-order valence-corrected chi connectivity index (χ1v) is 21.6. The molecule has 0 saturated carbocycles. The van der Waals surface area contributed by atoms with Crippen molar-refractivity contribution in [3.8, 4) is 22.3 Å². The van der Waals surface area contributed by atoms with E-state index in [9.17, 15) is 0 Å². The summed E-state index contributed by atoms with van der Waals surface area (Å²) >= 11 is 0. The summed E-state index contributed by atoms with van der Waals surface area (Å²) in [6.45, 7) is 0. The number of fused-ring (bicyclic) bond motifs is 8. The first-order chi connectivity index (χ1) is 29.8. The highest BCUT2D eigenvalue weighted by Gasteiger charge is 2.49. The van der Waals surface area contributed by atoms with Gasteiger partial charge < -0.3 is 9.73 Å². The van der Waals surface area contributed by atoms with Gasteiger partial charge in [-0.3, -0.25) is 4.99 Å². The van der Waals surface area contributed by atoms with E-state index in [1.807, 2.05) is 12.1 Å². The summed E-state index contributed by atoms with van der Waals surface area (Å²) in [5.41, 5.74) is 16.9. The molecule has 8 aromatic rings. The molecule has 3 atom stereocenters. The second kappa shape index (κ2) is 14.1. The highest BCUT2D eigenvalue weighted by Crippen LogP contribution is 2.62. The molecule has 0 amide bonds. The number of hydrogen-bond donors (Lipinski definition) is 1. The molecule has 3 nitrogen and oxygen atoms in total. The number of nitrogens with zero attached hydrogens (tertiary/aromatic N) is 1. The second-order valence-corrected chi connectivity index (χ2v) is 16.8. The Morgan fingerprint density at radius 2 is 1.37 bits per heavy atom. The lowest BCUT2D eigenvalue weighted by atomic mass is 9.63. The molecule has 0 fully saturated rings. The molecule has 1 N–H and O–H groups in total. The number of benzene rings is 7. The van der Waals surface area contributed by atoms with Crippen LogP contribution in [0.1, 0.15) is 65.7 Å². The zero-order chi connectivity index (χ0) is 39.6. The molecular formula is C57H44N2O. The quantitative estimate of drug-likeness (QED) is 0.171. The van der Waals surface area contributed by atoms with Crippen LogP contribution >= 0.6 is 0 Å². The Hall–Kier alpha value is -6.97. The average molecular weight is 773 g/mol. The molecule has 1 aromatic heterocycles. The average Bonchev–Trinajstić information content (AvgIpc) is 3.86. The first kappa shape index (κ1) is 35.0. The summed E-state index contributed by atoms with van der Waals surface area (Å²) in [4.78, 5) is 5.37. The first-order valence-electron chi connectivity index (χ1n) is 21.6. The van der Waals surface area contributed by atoms with E-state index >= 15 is 0 Å². The molecule has 0 radical (unpaired) electrons. The maximum absolute atomic E-state index is 6.45. The lowest BCUT2D eigenvalue weighted by Crippen LogP contribution is -2.32. The van der Waals surface area contributed by atoms with Crippen molar-refractivity contribution in [3.05, 3.63) is 227 Å². The highest BCUT2D eigenvalue weighted by molar-refractivity contribution is 6.19. The minimum Gasteiger partial charge on any atom is -0.452 e. The van der Waals surface area contributed by atoms with Gasteiger partial charge in [0, 0.05) is 16.9 Å². The Balaban J connectivity index is 1.00. The van der Waals surface area contributed by atoms with Gasteiger partial charge in [0.1, 0.15) is 17.5 Å². The fourth-order valence-electron chi connectivity index (χ4n) is 10.8. The SMILES string of the molecule is C1=CC(C2N=C(c3ccccc3)c3oc4ccccc4c3N2)CC=C1c1ccc2c(c1)C(C1=CCCCC1)(c1ccccc1)c1c-2c(-c2ccccc2)cc2ccccc12. The van der Waals surface area contributed by atoms with Crippen molar-refractivity contribution in [2.45, 2.75) is 43.7 Å². The van der Waals surface area contributed by atoms with Crippen LogP contribution in [0.3, 0.4) is 0 Å².